The molecule has 0 bridgehead atoms. The standard InChI is InChI=1S/2C22H25.C3H6.2ClH.Hf/c2*1-5-7-16-14-18-8-6-9-20(21(18)15-16)17-10-12-19(13-11-17)22(2,3)4;1-3-2;;;/h2*6,8-15H,5,7H2,1-4H3;1-3H2;2*1H;/q;;;;;+2/p-2. The van der Waals surface area contributed by atoms with Crippen LogP contribution in [0.4, 0.5) is 0 Å². The van der Waals surface area contributed by atoms with Crippen LogP contribution >= 0.6 is 0 Å². The fourth-order valence-corrected chi connectivity index (χ4v) is 32.2. The second-order valence-corrected chi connectivity index (χ2v) is 33.8. The minimum atomic E-state index is -3.07. The summed E-state index contributed by atoms with van der Waals surface area (Å²) in [6.07, 6.45) is 11.7. The zero-order chi connectivity index (χ0) is 33.8. The molecule has 262 valence electrons. The van der Waals surface area contributed by atoms with Crippen molar-refractivity contribution < 1.29 is 44.8 Å². The van der Waals surface area contributed by atoms with Crippen LogP contribution in [0.5, 0.6) is 0 Å². The Kier molecular flexibility index (Phi) is 11.7. The van der Waals surface area contributed by atoms with E-state index in [1.54, 1.807) is 22.3 Å². The normalized spacial score (nSPS) is 18.3. The summed E-state index contributed by atoms with van der Waals surface area (Å²) in [4.78, 5) is 0. The van der Waals surface area contributed by atoms with Crippen molar-refractivity contribution in [2.75, 3.05) is 0 Å². The van der Waals surface area contributed by atoms with Gasteiger partial charge in [-0.3, -0.25) is 0 Å². The Bertz CT molecular complexity index is 1740. The molecule has 3 aliphatic rings. The first kappa shape index (κ1) is 39.0. The van der Waals surface area contributed by atoms with Crippen molar-refractivity contribution in [1.82, 2.24) is 0 Å². The molecule has 0 saturated carbocycles. The first-order chi connectivity index (χ1) is 23.0. The van der Waals surface area contributed by atoms with Crippen molar-refractivity contribution in [3.63, 3.8) is 0 Å². The van der Waals surface area contributed by atoms with Gasteiger partial charge in [-0.05, 0) is 0 Å². The molecule has 1 heterocycles. The third kappa shape index (κ3) is 6.86. The van der Waals surface area contributed by atoms with E-state index in [9.17, 15) is 0 Å². The summed E-state index contributed by atoms with van der Waals surface area (Å²) < 4.78 is 4.44. The van der Waals surface area contributed by atoms with Crippen LogP contribution in [0, 0.1) is 0 Å². The average molecular weight is 870 g/mol. The molecule has 4 aromatic carbocycles. The maximum Gasteiger partial charge on any atom is -1.00 e. The van der Waals surface area contributed by atoms with E-state index in [0.29, 0.717) is 7.35 Å². The zero-order valence-electron chi connectivity index (χ0n) is 31.6. The van der Waals surface area contributed by atoms with Crippen LogP contribution in [0.2, 0.25) is 8.35 Å². The van der Waals surface area contributed by atoms with E-state index >= 15 is 0 Å². The average Bonchev–Trinajstić information content (AvgIpc) is 3.59. The van der Waals surface area contributed by atoms with Crippen LogP contribution in [-0.4, -0.2) is 0 Å². The van der Waals surface area contributed by atoms with E-state index in [2.05, 4.69) is 152 Å². The van der Waals surface area contributed by atoms with Gasteiger partial charge in [-0.2, -0.15) is 0 Å². The molecular weight excluding hydrogens is 814 g/mol. The molecule has 0 N–H and O–H groups in total. The summed E-state index contributed by atoms with van der Waals surface area (Å²) in [5.74, 6) is 0. The van der Waals surface area contributed by atoms with Crippen molar-refractivity contribution in [3.8, 4) is 22.3 Å². The number of rotatable bonds is 8. The Morgan fingerprint density at radius 2 is 0.920 bits per heavy atom. The molecule has 1 aliphatic heterocycles. The number of halogens is 2. The van der Waals surface area contributed by atoms with Crippen molar-refractivity contribution in [1.29, 1.82) is 0 Å². The zero-order valence-corrected chi connectivity index (χ0v) is 36.7. The van der Waals surface area contributed by atoms with E-state index in [-0.39, 0.29) is 35.6 Å². The van der Waals surface area contributed by atoms with Gasteiger partial charge in [0.1, 0.15) is 0 Å². The van der Waals surface area contributed by atoms with Gasteiger partial charge in [0.15, 0.2) is 0 Å². The van der Waals surface area contributed by atoms with Crippen LogP contribution in [0.15, 0.2) is 96.1 Å². The van der Waals surface area contributed by atoms with Crippen molar-refractivity contribution >= 4 is 12.2 Å². The quantitative estimate of drug-likeness (QED) is 0.157. The Morgan fingerprint density at radius 3 is 1.22 bits per heavy atom. The summed E-state index contributed by atoms with van der Waals surface area (Å²) in [6.45, 7) is 18.7. The molecule has 2 unspecified atom stereocenters. The SMILES string of the molecule is CCCC1=Cc2c(-c3ccc(C(C)(C)C)cc3)cccc2[CH]1[Hf+2]1([CH]2C(CCC)=Cc3c(-c4ccc(C(C)(C)C)cc4)cccc32)[CH2]C[CH2]1.[Cl-].[Cl-]. The number of benzene rings is 4. The summed E-state index contributed by atoms with van der Waals surface area (Å²) in [5, 5.41) is 0. The number of allylic oxidation sites excluding steroid dienone is 2. The molecular formula is C47H56Cl2Hf. The third-order valence-electron chi connectivity index (χ3n) is 11.9. The topological polar surface area (TPSA) is 0 Å². The van der Waals surface area contributed by atoms with Gasteiger partial charge in [0.05, 0.1) is 0 Å². The first-order valence-corrected chi connectivity index (χ1v) is 28.1. The fraction of sp³-hybridized carbons (Fsp3) is 0.404. The molecule has 2 atom stereocenters. The molecule has 2 aliphatic carbocycles. The molecule has 3 heteroatoms. The van der Waals surface area contributed by atoms with Gasteiger partial charge < -0.3 is 24.8 Å². The van der Waals surface area contributed by atoms with Gasteiger partial charge in [0.25, 0.3) is 0 Å². The molecule has 1 saturated heterocycles. The van der Waals surface area contributed by atoms with E-state index in [4.69, 9.17) is 0 Å². The summed E-state index contributed by atoms with van der Waals surface area (Å²) in [7, 11) is 0. The van der Waals surface area contributed by atoms with Crippen LogP contribution in [-0.2, 0) is 30.8 Å². The van der Waals surface area contributed by atoms with Crippen molar-refractivity contribution in [2.45, 2.75) is 114 Å². The summed E-state index contributed by atoms with van der Waals surface area (Å²) >= 11 is -3.07. The van der Waals surface area contributed by atoms with E-state index in [0.717, 1.165) is 0 Å². The maximum atomic E-state index is 2.68. The molecule has 0 amide bonds. The smallest absolute Gasteiger partial charge is 1.00 e. The first-order valence-electron chi connectivity index (χ1n) is 18.8. The molecule has 0 nitrogen and oxygen atoms in total. The minimum absolute atomic E-state index is 0. The van der Waals surface area contributed by atoms with Gasteiger partial charge in [-0.25, -0.2) is 0 Å². The molecule has 0 radical (unpaired) electrons. The Balaban J connectivity index is 0.00000243. The maximum absolute atomic E-state index is 3.07. The second kappa shape index (κ2) is 15.0. The fourth-order valence-electron chi connectivity index (χ4n) is 9.43. The van der Waals surface area contributed by atoms with Crippen molar-refractivity contribution in [2.24, 2.45) is 0 Å². The Morgan fingerprint density at radius 1 is 0.540 bits per heavy atom. The van der Waals surface area contributed by atoms with Gasteiger partial charge in [0, 0.05) is 0 Å². The molecule has 0 spiro atoms. The summed E-state index contributed by atoms with van der Waals surface area (Å²) in [5.41, 5.74) is 18.7. The number of hydrogen-bond acceptors (Lipinski definition) is 0. The van der Waals surface area contributed by atoms with E-state index in [1.807, 2.05) is 0 Å². The third-order valence-corrected chi connectivity index (χ3v) is 34.3. The number of hydrogen-bond donors (Lipinski definition) is 0. The number of fused-ring (bicyclic) bond motifs is 2. The predicted molar refractivity (Wildman–Crippen MR) is 207 cm³/mol. The molecule has 1 fully saturated rings. The molecule has 4 aromatic rings. The van der Waals surface area contributed by atoms with Crippen LogP contribution in [0.1, 0.15) is 128 Å². The second-order valence-electron chi connectivity index (χ2n) is 17.2. The van der Waals surface area contributed by atoms with Crippen LogP contribution in [0.25, 0.3) is 34.4 Å². The minimum Gasteiger partial charge on any atom is -1.00 e. The predicted octanol–water partition coefficient (Wildman–Crippen LogP) is 8.19. The van der Waals surface area contributed by atoms with E-state index in [1.165, 1.54) is 85.0 Å². The van der Waals surface area contributed by atoms with Crippen LogP contribution < -0.4 is 24.8 Å². The van der Waals surface area contributed by atoms with E-state index < -0.39 is 20.0 Å². The van der Waals surface area contributed by atoms with Gasteiger partial charge in [-0.1, -0.05) is 0 Å². The Labute approximate surface area is 320 Å². The van der Waals surface area contributed by atoms with Gasteiger partial charge >= 0.3 is 298 Å². The molecule has 50 heavy (non-hydrogen) atoms. The molecule has 0 aromatic heterocycles. The van der Waals surface area contributed by atoms with Crippen molar-refractivity contribution in [3.05, 3.63) is 129 Å². The van der Waals surface area contributed by atoms with Gasteiger partial charge in [-0.15, -0.1) is 0 Å². The largest absolute Gasteiger partial charge is 1.00 e. The molecule has 7 rings (SSSR count). The Hall–Kier alpha value is -2.19. The monoisotopic (exact) mass is 870 g/mol. The van der Waals surface area contributed by atoms with Crippen LogP contribution in [0.3, 0.4) is 0 Å². The summed E-state index contributed by atoms with van der Waals surface area (Å²) in [6, 6.07) is 33.6. The van der Waals surface area contributed by atoms with Gasteiger partial charge in [0.2, 0.25) is 0 Å².